The summed E-state index contributed by atoms with van der Waals surface area (Å²) in [6.45, 7) is 4.28. The lowest BCUT2D eigenvalue weighted by molar-refractivity contribution is -0.136. The number of anilines is 1. The molecule has 0 radical (unpaired) electrons. The van der Waals surface area contributed by atoms with Crippen LogP contribution in [-0.4, -0.2) is 34.7 Å². The van der Waals surface area contributed by atoms with Gasteiger partial charge < -0.3 is 15.5 Å². The average molecular weight is 455 g/mol. The fourth-order valence-electron chi connectivity index (χ4n) is 4.13. The molecule has 2 aromatic carbocycles. The van der Waals surface area contributed by atoms with Crippen molar-refractivity contribution < 1.29 is 19.2 Å². The smallest absolute Gasteiger partial charge is 0.319 e. The van der Waals surface area contributed by atoms with Gasteiger partial charge in [-0.3, -0.25) is 19.7 Å². The molecule has 0 aliphatic carbocycles. The molecule has 0 spiro atoms. The van der Waals surface area contributed by atoms with Crippen LogP contribution in [0.4, 0.5) is 10.5 Å². The van der Waals surface area contributed by atoms with Crippen molar-refractivity contribution in [1.29, 1.82) is 0 Å². The van der Waals surface area contributed by atoms with Crippen molar-refractivity contribution >= 4 is 41.0 Å². The summed E-state index contributed by atoms with van der Waals surface area (Å²) < 4.78 is 0. The number of nitrogens with zero attached hydrogens (tertiary/aromatic N) is 1. The number of fused-ring (bicyclic) bond motifs is 1. The Morgan fingerprint density at radius 1 is 1.16 bits per heavy atom. The molecule has 3 N–H and O–H groups in total. The number of nitrogens with one attached hydrogen (secondary N) is 3. The van der Waals surface area contributed by atoms with Gasteiger partial charge in [-0.2, -0.15) is 0 Å². The molecule has 32 heavy (non-hydrogen) atoms. The number of imide groups is 1. The molecule has 2 aromatic rings. The highest BCUT2D eigenvalue weighted by Gasteiger charge is 2.39. The van der Waals surface area contributed by atoms with E-state index in [0.29, 0.717) is 29.2 Å². The highest BCUT2D eigenvalue weighted by molar-refractivity contribution is 6.31. The largest absolute Gasteiger partial charge is 0.334 e. The molecule has 1 fully saturated rings. The molecule has 9 heteroatoms. The third-order valence-electron chi connectivity index (χ3n) is 5.76. The van der Waals surface area contributed by atoms with E-state index in [1.165, 1.54) is 4.90 Å². The van der Waals surface area contributed by atoms with Crippen LogP contribution < -0.4 is 16.0 Å². The Morgan fingerprint density at radius 2 is 1.94 bits per heavy atom. The van der Waals surface area contributed by atoms with Crippen LogP contribution in [0.5, 0.6) is 0 Å². The van der Waals surface area contributed by atoms with Crippen molar-refractivity contribution in [3.63, 3.8) is 0 Å². The first kappa shape index (κ1) is 21.8. The van der Waals surface area contributed by atoms with E-state index in [9.17, 15) is 19.2 Å². The molecule has 2 aliphatic heterocycles. The molecule has 1 saturated heterocycles. The van der Waals surface area contributed by atoms with Gasteiger partial charge in [-0.1, -0.05) is 29.8 Å². The van der Waals surface area contributed by atoms with Crippen molar-refractivity contribution in [3.05, 3.63) is 63.2 Å². The summed E-state index contributed by atoms with van der Waals surface area (Å²) >= 11 is 6.09. The van der Waals surface area contributed by atoms with Crippen LogP contribution in [0.3, 0.4) is 0 Å². The summed E-state index contributed by atoms with van der Waals surface area (Å²) in [4.78, 5) is 50.4. The third-order valence-corrected chi connectivity index (χ3v) is 6.17. The molecule has 1 atom stereocenters. The molecule has 4 rings (SSSR count). The predicted octanol–water partition coefficient (Wildman–Crippen LogP) is 3.04. The highest BCUT2D eigenvalue weighted by atomic mass is 35.5. The van der Waals surface area contributed by atoms with Crippen molar-refractivity contribution in [2.75, 3.05) is 5.32 Å². The summed E-state index contributed by atoms with van der Waals surface area (Å²) in [5, 5.41) is 8.42. The third kappa shape index (κ3) is 4.31. The standard InChI is InChI=1S/C23H23ClN4O4/c1-12-3-4-16(9-17(12)24)26-23(32)25-10-14-7-13(2)20-15(8-14)11-28(22(20)31)18-5-6-19(29)27-21(18)30/h3-4,7-9,18H,5-6,10-11H2,1-2H3,(H2,25,26,32)(H,27,29,30). The van der Waals surface area contributed by atoms with Gasteiger partial charge in [0, 0.05) is 35.8 Å². The topological polar surface area (TPSA) is 108 Å². The number of carbonyl (C=O) groups is 4. The molecule has 2 heterocycles. The Kier molecular flexibility index (Phi) is 5.88. The quantitative estimate of drug-likeness (QED) is 0.617. The number of piperidine rings is 1. The van der Waals surface area contributed by atoms with E-state index in [4.69, 9.17) is 11.6 Å². The van der Waals surface area contributed by atoms with Crippen molar-refractivity contribution in [2.24, 2.45) is 0 Å². The molecule has 0 bridgehead atoms. The number of carbonyl (C=O) groups excluding carboxylic acids is 4. The van der Waals surface area contributed by atoms with Gasteiger partial charge in [-0.15, -0.1) is 0 Å². The van der Waals surface area contributed by atoms with E-state index >= 15 is 0 Å². The Balaban J connectivity index is 1.43. The molecule has 0 saturated carbocycles. The first-order valence-corrected chi connectivity index (χ1v) is 10.7. The zero-order valence-corrected chi connectivity index (χ0v) is 18.5. The van der Waals surface area contributed by atoms with Gasteiger partial charge >= 0.3 is 6.03 Å². The van der Waals surface area contributed by atoms with Crippen molar-refractivity contribution in [3.8, 4) is 0 Å². The van der Waals surface area contributed by atoms with Crippen LogP contribution in [0, 0.1) is 13.8 Å². The number of rotatable bonds is 4. The van der Waals surface area contributed by atoms with E-state index in [1.807, 2.05) is 32.0 Å². The van der Waals surface area contributed by atoms with E-state index in [1.54, 1.807) is 12.1 Å². The van der Waals surface area contributed by atoms with Gasteiger partial charge in [0.05, 0.1) is 0 Å². The highest BCUT2D eigenvalue weighted by Crippen LogP contribution is 2.30. The summed E-state index contributed by atoms with van der Waals surface area (Å²) in [7, 11) is 0. The lowest BCUT2D eigenvalue weighted by Gasteiger charge is -2.29. The maximum absolute atomic E-state index is 12.9. The van der Waals surface area contributed by atoms with Crippen LogP contribution >= 0.6 is 11.6 Å². The fraction of sp³-hybridized carbons (Fsp3) is 0.304. The van der Waals surface area contributed by atoms with Gasteiger partial charge in [0.15, 0.2) is 0 Å². The van der Waals surface area contributed by atoms with Gasteiger partial charge in [0.1, 0.15) is 6.04 Å². The Hall–Kier alpha value is -3.39. The van der Waals surface area contributed by atoms with Crippen LogP contribution in [0.15, 0.2) is 30.3 Å². The fourth-order valence-corrected chi connectivity index (χ4v) is 4.31. The second-order valence-electron chi connectivity index (χ2n) is 8.12. The average Bonchev–Trinajstić information content (AvgIpc) is 3.06. The minimum atomic E-state index is -0.652. The zero-order chi connectivity index (χ0) is 23.0. The number of amides is 5. The molecule has 2 aliphatic rings. The lowest BCUT2D eigenvalue weighted by atomic mass is 10.0. The van der Waals surface area contributed by atoms with E-state index < -0.39 is 11.9 Å². The van der Waals surface area contributed by atoms with Crippen molar-refractivity contribution in [1.82, 2.24) is 15.5 Å². The van der Waals surface area contributed by atoms with E-state index in [0.717, 1.165) is 22.3 Å². The summed E-state index contributed by atoms with van der Waals surface area (Å²) in [6.07, 6.45) is 0.535. The van der Waals surface area contributed by atoms with Crippen LogP contribution in [0.25, 0.3) is 0 Å². The van der Waals surface area contributed by atoms with Crippen LogP contribution in [0.1, 0.15) is 45.5 Å². The summed E-state index contributed by atoms with van der Waals surface area (Å²) in [5.74, 6) is -0.957. The van der Waals surface area contributed by atoms with Crippen molar-refractivity contribution in [2.45, 2.75) is 45.8 Å². The molecule has 166 valence electrons. The molecular formula is C23H23ClN4O4. The molecule has 5 amide bonds. The molecule has 1 unspecified atom stereocenters. The molecular weight excluding hydrogens is 432 g/mol. The Bertz CT molecular complexity index is 1150. The van der Waals surface area contributed by atoms with Crippen LogP contribution in [-0.2, 0) is 22.7 Å². The molecule has 8 nitrogen and oxygen atoms in total. The van der Waals surface area contributed by atoms with Gasteiger partial charge in [0.2, 0.25) is 11.8 Å². The SMILES string of the molecule is Cc1ccc(NC(=O)NCc2cc(C)c3c(c2)CN(C2CCC(=O)NC2=O)C3=O)cc1Cl. The monoisotopic (exact) mass is 454 g/mol. The minimum Gasteiger partial charge on any atom is -0.334 e. The normalized spacial score (nSPS) is 17.8. The Morgan fingerprint density at radius 3 is 2.66 bits per heavy atom. The second kappa shape index (κ2) is 8.63. The van der Waals surface area contributed by atoms with Gasteiger partial charge in [-0.05, 0) is 54.7 Å². The van der Waals surface area contributed by atoms with E-state index in [-0.39, 0.29) is 30.8 Å². The maximum Gasteiger partial charge on any atom is 0.319 e. The number of hydrogen-bond donors (Lipinski definition) is 3. The Labute approximate surface area is 190 Å². The lowest BCUT2D eigenvalue weighted by Crippen LogP contribution is -2.52. The van der Waals surface area contributed by atoms with Gasteiger partial charge in [-0.25, -0.2) is 4.79 Å². The summed E-state index contributed by atoms with van der Waals surface area (Å²) in [5.41, 5.74) is 4.53. The minimum absolute atomic E-state index is 0.208. The van der Waals surface area contributed by atoms with Crippen LogP contribution in [0.2, 0.25) is 5.02 Å². The number of aryl methyl sites for hydroxylation is 2. The summed E-state index contributed by atoms with van der Waals surface area (Å²) in [6, 6.07) is 7.99. The first-order valence-electron chi connectivity index (χ1n) is 10.3. The van der Waals surface area contributed by atoms with Gasteiger partial charge in [0.25, 0.3) is 5.91 Å². The molecule has 0 aromatic heterocycles. The zero-order valence-electron chi connectivity index (χ0n) is 17.8. The first-order chi connectivity index (χ1) is 15.2. The number of benzene rings is 2. The maximum atomic E-state index is 12.9. The predicted molar refractivity (Wildman–Crippen MR) is 119 cm³/mol. The van der Waals surface area contributed by atoms with E-state index in [2.05, 4.69) is 16.0 Å². The number of hydrogen-bond acceptors (Lipinski definition) is 4. The second-order valence-corrected chi connectivity index (χ2v) is 8.53. The number of halogens is 1. The number of urea groups is 1.